The van der Waals surface area contributed by atoms with E-state index in [4.69, 9.17) is 0 Å². The lowest BCUT2D eigenvalue weighted by atomic mass is 9.97. The van der Waals surface area contributed by atoms with Gasteiger partial charge >= 0.3 is 0 Å². The number of rotatable bonds is 5. The lowest BCUT2D eigenvalue weighted by Gasteiger charge is -2.35. The summed E-state index contributed by atoms with van der Waals surface area (Å²) in [5.74, 6) is -0.0171. The number of hydrogen-bond donors (Lipinski definition) is 0. The third-order valence-electron chi connectivity index (χ3n) is 6.56. The number of piperazine rings is 1. The lowest BCUT2D eigenvalue weighted by molar-refractivity contribution is -0.384. The summed E-state index contributed by atoms with van der Waals surface area (Å²) in [6.07, 6.45) is 6.00. The first-order valence-corrected chi connectivity index (χ1v) is 12.1. The van der Waals surface area contributed by atoms with Gasteiger partial charge in [0.15, 0.2) is 0 Å². The third-order valence-corrected chi connectivity index (χ3v) is 7.76. The van der Waals surface area contributed by atoms with Gasteiger partial charge in [0, 0.05) is 50.1 Å². The van der Waals surface area contributed by atoms with Gasteiger partial charge in [-0.15, -0.1) is 11.3 Å². The molecule has 0 bridgehead atoms. The fourth-order valence-corrected chi connectivity index (χ4v) is 6.02. The van der Waals surface area contributed by atoms with E-state index in [1.807, 2.05) is 4.90 Å². The average Bonchev–Trinajstić information content (AvgIpc) is 3.23. The molecule has 0 saturated carbocycles. The Morgan fingerprint density at radius 1 is 1.12 bits per heavy atom. The van der Waals surface area contributed by atoms with Crippen molar-refractivity contribution < 1.29 is 9.72 Å². The Morgan fingerprint density at radius 2 is 1.88 bits per heavy atom. The molecule has 33 heavy (non-hydrogen) atoms. The normalized spacial score (nSPS) is 16.1. The van der Waals surface area contributed by atoms with Gasteiger partial charge in [-0.05, 0) is 37.3 Å². The number of aromatic nitrogens is 2. The number of carbonyl (C=O) groups is 1. The van der Waals surface area contributed by atoms with Gasteiger partial charge in [-0.1, -0.05) is 12.1 Å². The summed E-state index contributed by atoms with van der Waals surface area (Å²) in [6, 6.07) is 6.68. The van der Waals surface area contributed by atoms with E-state index in [1.54, 1.807) is 45.3 Å². The van der Waals surface area contributed by atoms with E-state index in [0.717, 1.165) is 41.5 Å². The number of fused-ring (bicyclic) bond motifs is 3. The minimum atomic E-state index is -0.375. The third kappa shape index (κ3) is 4.10. The minimum Gasteiger partial charge on any atom is -0.362 e. The summed E-state index contributed by atoms with van der Waals surface area (Å²) in [5, 5.41) is 12.0. The highest BCUT2D eigenvalue weighted by atomic mass is 32.1. The van der Waals surface area contributed by atoms with Crippen LogP contribution in [0.5, 0.6) is 0 Å². The zero-order valence-electron chi connectivity index (χ0n) is 18.2. The summed E-state index contributed by atoms with van der Waals surface area (Å²) in [7, 11) is 0. The number of nitro groups is 1. The molecule has 1 aromatic carbocycles. The molecule has 1 aliphatic carbocycles. The van der Waals surface area contributed by atoms with Crippen LogP contribution in [-0.4, -0.2) is 51.5 Å². The first-order valence-electron chi connectivity index (χ1n) is 11.3. The molecule has 1 fully saturated rings. The summed E-state index contributed by atoms with van der Waals surface area (Å²) >= 11 is 1.62. The molecule has 0 N–H and O–H groups in total. The summed E-state index contributed by atoms with van der Waals surface area (Å²) in [4.78, 5) is 47.1. The molecule has 1 aliphatic heterocycles. The van der Waals surface area contributed by atoms with Crippen molar-refractivity contribution in [2.75, 3.05) is 31.1 Å². The highest BCUT2D eigenvalue weighted by Crippen LogP contribution is 2.33. The van der Waals surface area contributed by atoms with Gasteiger partial charge in [0.1, 0.15) is 10.5 Å². The second-order valence-corrected chi connectivity index (χ2v) is 9.58. The van der Waals surface area contributed by atoms with Crippen molar-refractivity contribution in [1.29, 1.82) is 0 Å². The fourth-order valence-electron chi connectivity index (χ4n) is 4.80. The molecule has 9 nitrogen and oxygen atoms in total. The highest BCUT2D eigenvalue weighted by molar-refractivity contribution is 7.18. The Morgan fingerprint density at radius 3 is 2.67 bits per heavy atom. The Bertz CT molecular complexity index is 1280. The van der Waals surface area contributed by atoms with Crippen LogP contribution in [0.2, 0.25) is 0 Å². The maximum absolute atomic E-state index is 13.1. The zero-order valence-corrected chi connectivity index (χ0v) is 19.1. The maximum atomic E-state index is 13.1. The Balaban J connectivity index is 1.23. The van der Waals surface area contributed by atoms with E-state index in [1.165, 1.54) is 10.9 Å². The van der Waals surface area contributed by atoms with Crippen LogP contribution < -0.4 is 10.5 Å². The van der Waals surface area contributed by atoms with Gasteiger partial charge < -0.3 is 9.80 Å². The van der Waals surface area contributed by atoms with Crippen LogP contribution in [0, 0.1) is 10.1 Å². The van der Waals surface area contributed by atoms with Gasteiger partial charge in [-0.3, -0.25) is 24.3 Å². The van der Waals surface area contributed by atoms with Crippen molar-refractivity contribution >= 4 is 38.8 Å². The minimum absolute atomic E-state index is 0.0171. The molecule has 5 rings (SSSR count). The van der Waals surface area contributed by atoms with Crippen LogP contribution in [0.25, 0.3) is 10.2 Å². The molecule has 0 unspecified atom stereocenters. The number of nitrogens with zero attached hydrogens (tertiary/aromatic N) is 5. The number of anilines is 1. The molecule has 0 radical (unpaired) electrons. The molecular weight excluding hydrogens is 442 g/mol. The van der Waals surface area contributed by atoms with Crippen LogP contribution in [0.3, 0.4) is 0 Å². The quantitative estimate of drug-likeness (QED) is 0.422. The number of para-hydroxylation sites is 2. The van der Waals surface area contributed by atoms with Crippen molar-refractivity contribution in [2.45, 2.75) is 38.6 Å². The number of benzene rings is 1. The lowest BCUT2D eigenvalue weighted by Crippen LogP contribution is -2.49. The van der Waals surface area contributed by atoms with E-state index in [0.29, 0.717) is 38.4 Å². The van der Waals surface area contributed by atoms with E-state index >= 15 is 0 Å². The standard InChI is InChI=1S/C23H25N5O4S/c29-20(26-13-11-25(12-14-26)17-6-2-3-7-18(17)28(31)32)9-10-27-15-24-22-21(23(27)30)16-5-1-4-8-19(16)33-22/h2-3,6-7,15H,1,4-5,8-14H2. The van der Waals surface area contributed by atoms with Crippen molar-refractivity contribution in [3.05, 3.63) is 61.5 Å². The number of aryl methyl sites for hydroxylation is 3. The summed E-state index contributed by atoms with van der Waals surface area (Å²) < 4.78 is 1.56. The van der Waals surface area contributed by atoms with E-state index in [2.05, 4.69) is 4.98 Å². The first-order chi connectivity index (χ1) is 16.0. The topological polar surface area (TPSA) is 102 Å². The monoisotopic (exact) mass is 467 g/mol. The number of hydrogen-bond acceptors (Lipinski definition) is 7. The Hall–Kier alpha value is -3.27. The van der Waals surface area contributed by atoms with Crippen molar-refractivity contribution in [2.24, 2.45) is 0 Å². The molecule has 0 spiro atoms. The number of nitro benzene ring substituents is 1. The Kier molecular flexibility index (Phi) is 5.84. The first kappa shape index (κ1) is 21.6. The van der Waals surface area contributed by atoms with Gasteiger partial charge in [-0.2, -0.15) is 0 Å². The van der Waals surface area contributed by atoms with Crippen molar-refractivity contribution in [3.63, 3.8) is 0 Å². The van der Waals surface area contributed by atoms with Crippen LogP contribution in [-0.2, 0) is 24.2 Å². The van der Waals surface area contributed by atoms with Crippen LogP contribution in [0.4, 0.5) is 11.4 Å². The number of carbonyl (C=O) groups excluding carboxylic acids is 1. The molecule has 3 aromatic rings. The molecule has 2 aromatic heterocycles. The molecule has 0 atom stereocenters. The SMILES string of the molecule is O=C(CCn1cnc2sc3c(c2c1=O)CCCC3)N1CCN(c2ccccc2[N+](=O)[O-])CC1. The smallest absolute Gasteiger partial charge is 0.292 e. The fraction of sp³-hybridized carbons (Fsp3) is 0.435. The van der Waals surface area contributed by atoms with Crippen molar-refractivity contribution in [1.82, 2.24) is 14.5 Å². The predicted octanol–water partition coefficient (Wildman–Crippen LogP) is 2.98. The average molecular weight is 468 g/mol. The molecule has 2 aliphatic rings. The molecule has 1 amide bonds. The van der Waals surface area contributed by atoms with Crippen molar-refractivity contribution in [3.8, 4) is 0 Å². The van der Waals surface area contributed by atoms with Crippen LogP contribution >= 0.6 is 11.3 Å². The molecule has 1 saturated heterocycles. The van der Waals surface area contributed by atoms with Crippen LogP contribution in [0.15, 0.2) is 35.4 Å². The van der Waals surface area contributed by atoms with E-state index < -0.39 is 0 Å². The molecule has 3 heterocycles. The summed E-state index contributed by atoms with van der Waals surface area (Å²) in [5.41, 5.74) is 1.77. The number of thiophene rings is 1. The van der Waals surface area contributed by atoms with E-state index in [-0.39, 0.29) is 28.5 Å². The zero-order chi connectivity index (χ0) is 22.9. The van der Waals surface area contributed by atoms with Gasteiger partial charge in [0.2, 0.25) is 5.91 Å². The largest absolute Gasteiger partial charge is 0.362 e. The maximum Gasteiger partial charge on any atom is 0.292 e. The Labute approximate surface area is 194 Å². The van der Waals surface area contributed by atoms with Gasteiger partial charge in [-0.25, -0.2) is 4.98 Å². The van der Waals surface area contributed by atoms with Crippen LogP contribution in [0.1, 0.15) is 29.7 Å². The molecule has 10 heteroatoms. The molecule has 172 valence electrons. The second-order valence-electron chi connectivity index (χ2n) is 8.50. The highest BCUT2D eigenvalue weighted by Gasteiger charge is 2.26. The predicted molar refractivity (Wildman–Crippen MR) is 127 cm³/mol. The number of amides is 1. The van der Waals surface area contributed by atoms with Gasteiger partial charge in [0.25, 0.3) is 11.2 Å². The summed E-state index contributed by atoms with van der Waals surface area (Å²) in [6.45, 7) is 2.36. The van der Waals surface area contributed by atoms with E-state index in [9.17, 15) is 19.7 Å². The van der Waals surface area contributed by atoms with Gasteiger partial charge in [0.05, 0.1) is 16.6 Å². The molecular formula is C23H25N5O4S. The second kappa shape index (κ2) is 8.93.